The summed E-state index contributed by atoms with van der Waals surface area (Å²) >= 11 is 0. The average Bonchev–Trinajstić information content (AvgIpc) is 2.62. The van der Waals surface area contributed by atoms with Gasteiger partial charge in [0.2, 0.25) is 0 Å². The summed E-state index contributed by atoms with van der Waals surface area (Å²) in [6.07, 6.45) is 5.88. The molecular weight excluding hydrogens is 208 g/mol. The van der Waals surface area contributed by atoms with Gasteiger partial charge >= 0.3 is 0 Å². The molecule has 82 valence electrons. The predicted molar refractivity (Wildman–Crippen MR) is 70.5 cm³/mol. The first-order chi connectivity index (χ1) is 8.43. The van der Waals surface area contributed by atoms with E-state index in [1.807, 2.05) is 42.5 Å². The molecule has 0 radical (unpaired) electrons. The second-order valence-corrected chi connectivity index (χ2v) is 3.92. The molecule has 0 N–H and O–H groups in total. The topological polar surface area (TPSA) is 9.23 Å². The van der Waals surface area contributed by atoms with Gasteiger partial charge in [-0.2, -0.15) is 0 Å². The fraction of sp³-hybridized carbons (Fsp3) is 0. The summed E-state index contributed by atoms with van der Waals surface area (Å²) in [6, 6.07) is 18.3. The van der Waals surface area contributed by atoms with Crippen molar-refractivity contribution < 1.29 is 4.74 Å². The zero-order chi connectivity index (χ0) is 11.5. The molecule has 1 aliphatic heterocycles. The molecule has 17 heavy (non-hydrogen) atoms. The Labute approximate surface area is 101 Å². The Morgan fingerprint density at radius 3 is 2.41 bits per heavy atom. The van der Waals surface area contributed by atoms with Crippen LogP contribution in [0.1, 0.15) is 11.1 Å². The van der Waals surface area contributed by atoms with Crippen molar-refractivity contribution in [1.29, 1.82) is 0 Å². The van der Waals surface area contributed by atoms with Crippen LogP contribution >= 0.6 is 0 Å². The fourth-order valence-corrected chi connectivity index (χ4v) is 1.91. The summed E-state index contributed by atoms with van der Waals surface area (Å²) in [5.41, 5.74) is 3.47. The van der Waals surface area contributed by atoms with Crippen LogP contribution in [0.5, 0.6) is 5.75 Å². The standard InChI is InChI=1S/C16H12O/c1-2-6-13(7-3-1)14-10-11-17-16-9-5-4-8-15(16)12-14/h1-12H. The SMILES string of the molecule is C1=CC(c2ccccc2)=Cc2ccccc2O1. The Morgan fingerprint density at radius 2 is 1.53 bits per heavy atom. The van der Waals surface area contributed by atoms with Crippen molar-refractivity contribution in [1.82, 2.24) is 0 Å². The maximum Gasteiger partial charge on any atom is 0.133 e. The number of fused-ring (bicyclic) bond motifs is 1. The Kier molecular flexibility index (Phi) is 2.51. The van der Waals surface area contributed by atoms with Crippen LogP contribution in [-0.2, 0) is 0 Å². The molecule has 0 atom stereocenters. The average molecular weight is 220 g/mol. The second-order valence-electron chi connectivity index (χ2n) is 3.92. The third-order valence-corrected chi connectivity index (χ3v) is 2.78. The molecule has 0 saturated heterocycles. The van der Waals surface area contributed by atoms with Crippen molar-refractivity contribution in [2.24, 2.45) is 0 Å². The number of ether oxygens (including phenoxy) is 1. The first-order valence-electron chi connectivity index (χ1n) is 5.63. The van der Waals surface area contributed by atoms with Crippen molar-refractivity contribution in [2.45, 2.75) is 0 Å². The molecule has 0 bridgehead atoms. The van der Waals surface area contributed by atoms with Gasteiger partial charge in [0.05, 0.1) is 6.26 Å². The number of hydrogen-bond donors (Lipinski definition) is 0. The van der Waals surface area contributed by atoms with E-state index < -0.39 is 0 Å². The van der Waals surface area contributed by atoms with E-state index in [-0.39, 0.29) is 0 Å². The van der Waals surface area contributed by atoms with Gasteiger partial charge in [-0.3, -0.25) is 0 Å². The monoisotopic (exact) mass is 220 g/mol. The predicted octanol–water partition coefficient (Wildman–Crippen LogP) is 4.13. The highest BCUT2D eigenvalue weighted by atomic mass is 16.5. The first kappa shape index (κ1) is 9.91. The number of benzene rings is 2. The summed E-state index contributed by atoms with van der Waals surface area (Å²) in [7, 11) is 0. The van der Waals surface area contributed by atoms with Gasteiger partial charge in [0, 0.05) is 5.56 Å². The Hall–Kier alpha value is -2.28. The molecule has 1 heteroatoms. The minimum Gasteiger partial charge on any atom is -0.464 e. The van der Waals surface area contributed by atoms with Gasteiger partial charge in [0.15, 0.2) is 0 Å². The molecule has 3 rings (SSSR count). The van der Waals surface area contributed by atoms with E-state index in [0.29, 0.717) is 0 Å². The molecule has 1 nitrogen and oxygen atoms in total. The molecule has 0 fully saturated rings. The van der Waals surface area contributed by atoms with Crippen LogP contribution < -0.4 is 4.74 Å². The molecule has 0 spiro atoms. The van der Waals surface area contributed by atoms with Crippen LogP contribution in [0.15, 0.2) is 66.9 Å². The lowest BCUT2D eigenvalue weighted by atomic mass is 10.0. The van der Waals surface area contributed by atoms with Crippen LogP contribution in [0.25, 0.3) is 11.6 Å². The minimum atomic E-state index is 0.898. The highest BCUT2D eigenvalue weighted by Gasteiger charge is 2.05. The van der Waals surface area contributed by atoms with Crippen molar-refractivity contribution >= 4 is 11.6 Å². The molecule has 1 heterocycles. The third-order valence-electron chi connectivity index (χ3n) is 2.78. The zero-order valence-corrected chi connectivity index (χ0v) is 9.34. The van der Waals surface area contributed by atoms with Gasteiger partial charge in [0.1, 0.15) is 5.75 Å². The molecule has 0 unspecified atom stereocenters. The summed E-state index contributed by atoms with van der Waals surface area (Å²) in [5, 5.41) is 0. The second kappa shape index (κ2) is 4.30. The third kappa shape index (κ3) is 2.00. The van der Waals surface area contributed by atoms with Crippen LogP contribution in [0.2, 0.25) is 0 Å². The molecule has 0 amide bonds. The Bertz CT molecular complexity index is 579. The van der Waals surface area contributed by atoms with Crippen molar-refractivity contribution in [3.8, 4) is 5.75 Å². The maximum absolute atomic E-state index is 5.57. The van der Waals surface area contributed by atoms with Crippen LogP contribution in [0.3, 0.4) is 0 Å². The van der Waals surface area contributed by atoms with E-state index in [4.69, 9.17) is 4.74 Å². The summed E-state index contributed by atoms with van der Waals surface area (Å²) < 4.78 is 5.57. The largest absolute Gasteiger partial charge is 0.464 e. The molecule has 0 aromatic heterocycles. The van der Waals surface area contributed by atoms with Gasteiger partial charge in [-0.05, 0) is 29.4 Å². The van der Waals surface area contributed by atoms with E-state index >= 15 is 0 Å². The zero-order valence-electron chi connectivity index (χ0n) is 9.34. The quantitative estimate of drug-likeness (QED) is 0.702. The molecule has 2 aromatic rings. The van der Waals surface area contributed by atoms with E-state index in [0.717, 1.165) is 16.9 Å². The number of rotatable bonds is 1. The van der Waals surface area contributed by atoms with Gasteiger partial charge < -0.3 is 4.74 Å². The first-order valence-corrected chi connectivity index (χ1v) is 5.63. The van der Waals surface area contributed by atoms with Crippen molar-refractivity contribution in [3.63, 3.8) is 0 Å². The molecular formula is C16H12O. The molecule has 0 aliphatic carbocycles. The molecule has 0 saturated carbocycles. The van der Waals surface area contributed by atoms with Gasteiger partial charge in [-0.15, -0.1) is 0 Å². The van der Waals surface area contributed by atoms with E-state index in [1.165, 1.54) is 5.56 Å². The Balaban J connectivity index is 2.10. The minimum absolute atomic E-state index is 0.898. The lowest BCUT2D eigenvalue weighted by molar-refractivity contribution is 0.481. The van der Waals surface area contributed by atoms with Gasteiger partial charge in [-0.25, -0.2) is 0 Å². The summed E-state index contributed by atoms with van der Waals surface area (Å²) in [4.78, 5) is 0. The lowest BCUT2D eigenvalue weighted by Crippen LogP contribution is -1.82. The van der Waals surface area contributed by atoms with Crippen molar-refractivity contribution in [3.05, 3.63) is 78.1 Å². The number of para-hydroxylation sites is 1. The highest BCUT2D eigenvalue weighted by Crippen LogP contribution is 2.28. The Morgan fingerprint density at radius 1 is 0.765 bits per heavy atom. The van der Waals surface area contributed by atoms with Crippen LogP contribution in [0, 0.1) is 0 Å². The fourth-order valence-electron chi connectivity index (χ4n) is 1.91. The van der Waals surface area contributed by atoms with E-state index in [2.05, 4.69) is 24.3 Å². The van der Waals surface area contributed by atoms with E-state index in [9.17, 15) is 0 Å². The van der Waals surface area contributed by atoms with Gasteiger partial charge in [-0.1, -0.05) is 48.5 Å². The lowest BCUT2D eigenvalue weighted by Gasteiger charge is -2.02. The smallest absolute Gasteiger partial charge is 0.133 e. The summed E-state index contributed by atoms with van der Waals surface area (Å²) in [6.45, 7) is 0. The van der Waals surface area contributed by atoms with Crippen LogP contribution in [0.4, 0.5) is 0 Å². The maximum atomic E-state index is 5.57. The number of hydrogen-bond acceptors (Lipinski definition) is 1. The normalized spacial score (nSPS) is 13.3. The highest BCUT2D eigenvalue weighted by molar-refractivity contribution is 5.89. The van der Waals surface area contributed by atoms with Crippen LogP contribution in [-0.4, -0.2) is 0 Å². The van der Waals surface area contributed by atoms with Crippen molar-refractivity contribution in [2.75, 3.05) is 0 Å². The molecule has 2 aromatic carbocycles. The van der Waals surface area contributed by atoms with E-state index in [1.54, 1.807) is 6.26 Å². The van der Waals surface area contributed by atoms with Gasteiger partial charge in [0.25, 0.3) is 0 Å². The summed E-state index contributed by atoms with van der Waals surface area (Å²) in [5.74, 6) is 0.898. The molecule has 1 aliphatic rings. The number of allylic oxidation sites excluding steroid dienone is 2.